The minimum Gasteiger partial charge on any atom is -0.506 e. The van der Waals surface area contributed by atoms with Crippen molar-refractivity contribution in [3.05, 3.63) is 64.1 Å². The number of rotatable bonds is 3. The number of nitrogens with zero attached hydrogens (tertiary/aromatic N) is 1. The quantitative estimate of drug-likeness (QED) is 0.640. The van der Waals surface area contributed by atoms with Gasteiger partial charge in [-0.15, -0.1) is 0 Å². The minimum atomic E-state index is -0.412. The molecule has 6 nitrogen and oxygen atoms in total. The number of carbonyl (C=O) groups excluding carboxylic acids is 2. The first-order chi connectivity index (χ1) is 12.5. The molecule has 0 spiro atoms. The second-order valence-corrected chi connectivity index (χ2v) is 6.62. The molecule has 0 saturated carbocycles. The van der Waals surface area contributed by atoms with Gasteiger partial charge in [-0.3, -0.25) is 4.79 Å². The van der Waals surface area contributed by atoms with Crippen molar-refractivity contribution >= 4 is 40.6 Å². The molecule has 7 heteroatoms. The van der Waals surface area contributed by atoms with Crippen molar-refractivity contribution in [1.82, 2.24) is 5.32 Å². The molecule has 3 rings (SSSR count). The van der Waals surface area contributed by atoms with E-state index in [4.69, 9.17) is 0 Å². The summed E-state index contributed by atoms with van der Waals surface area (Å²) in [5.41, 5.74) is 2.53. The van der Waals surface area contributed by atoms with Gasteiger partial charge in [-0.2, -0.15) is 0 Å². The van der Waals surface area contributed by atoms with Gasteiger partial charge in [-0.1, -0.05) is 18.2 Å². The molecule has 26 heavy (non-hydrogen) atoms. The summed E-state index contributed by atoms with van der Waals surface area (Å²) in [5.74, 6) is -0.620. The molecule has 1 heterocycles. The number of amidine groups is 1. The first-order valence-corrected chi connectivity index (χ1v) is 8.55. The van der Waals surface area contributed by atoms with Crippen LogP contribution in [0.3, 0.4) is 0 Å². The molecule has 0 unspecified atom stereocenters. The summed E-state index contributed by atoms with van der Waals surface area (Å²) in [4.78, 5) is 28.3. The van der Waals surface area contributed by atoms with Crippen molar-refractivity contribution < 1.29 is 19.4 Å². The highest BCUT2D eigenvalue weighted by atomic mass is 32.2. The molecule has 0 aliphatic carbocycles. The third kappa shape index (κ3) is 3.94. The van der Waals surface area contributed by atoms with E-state index >= 15 is 0 Å². The average Bonchev–Trinajstić information content (AvgIpc) is 2.96. The molecule has 132 valence electrons. The molecule has 2 aromatic rings. The molecule has 1 amide bonds. The molecule has 1 fully saturated rings. The van der Waals surface area contributed by atoms with Gasteiger partial charge in [-0.25, -0.2) is 9.79 Å². The largest absolute Gasteiger partial charge is 0.506 e. The van der Waals surface area contributed by atoms with Crippen LogP contribution < -0.4 is 5.32 Å². The average molecular weight is 368 g/mol. The SMILES string of the molecule is COC(=O)c1ccc(/C=C2\SC(=Nc3ccc(C)cc3O)NC2=O)cc1. The van der Waals surface area contributed by atoms with Crippen LogP contribution in [0.2, 0.25) is 0 Å². The zero-order valence-corrected chi connectivity index (χ0v) is 15.0. The number of amides is 1. The Kier molecular flexibility index (Phi) is 5.09. The number of aromatic hydroxyl groups is 1. The van der Waals surface area contributed by atoms with E-state index in [9.17, 15) is 14.7 Å². The van der Waals surface area contributed by atoms with Crippen LogP contribution in [0.1, 0.15) is 21.5 Å². The normalized spacial score (nSPS) is 16.8. The van der Waals surface area contributed by atoms with Crippen LogP contribution in [0.15, 0.2) is 52.4 Å². The maximum absolute atomic E-state index is 12.1. The monoisotopic (exact) mass is 368 g/mol. The van der Waals surface area contributed by atoms with Gasteiger partial charge in [0.2, 0.25) is 0 Å². The lowest BCUT2D eigenvalue weighted by atomic mass is 10.1. The summed E-state index contributed by atoms with van der Waals surface area (Å²) in [5, 5.41) is 13.0. The number of esters is 1. The maximum Gasteiger partial charge on any atom is 0.337 e. The fraction of sp³-hybridized carbons (Fsp3) is 0.105. The van der Waals surface area contributed by atoms with Crippen molar-refractivity contribution in [2.24, 2.45) is 4.99 Å². The van der Waals surface area contributed by atoms with Crippen molar-refractivity contribution in [3.63, 3.8) is 0 Å². The predicted octanol–water partition coefficient (Wildman–Crippen LogP) is 3.38. The number of carbonyl (C=O) groups is 2. The molecule has 1 saturated heterocycles. The summed E-state index contributed by atoms with van der Waals surface area (Å²) in [7, 11) is 1.32. The fourth-order valence-electron chi connectivity index (χ4n) is 2.30. The number of hydrogen-bond acceptors (Lipinski definition) is 6. The Morgan fingerprint density at radius 3 is 2.62 bits per heavy atom. The summed E-state index contributed by atoms with van der Waals surface area (Å²) in [6, 6.07) is 11.9. The van der Waals surface area contributed by atoms with E-state index in [0.717, 1.165) is 11.1 Å². The highest BCUT2D eigenvalue weighted by Gasteiger charge is 2.24. The molecule has 1 aliphatic rings. The standard InChI is InChI=1S/C19H16N2O4S/c1-11-3-8-14(15(22)9-11)20-19-21-17(23)16(26-19)10-12-4-6-13(7-5-12)18(24)25-2/h3-10,22H,1-2H3,(H,20,21,23)/b16-10-. The van der Waals surface area contributed by atoms with E-state index in [1.54, 1.807) is 42.5 Å². The van der Waals surface area contributed by atoms with Crippen LogP contribution in [0.25, 0.3) is 6.08 Å². The van der Waals surface area contributed by atoms with Gasteiger partial charge in [0.15, 0.2) is 5.17 Å². The molecule has 0 bridgehead atoms. The zero-order valence-electron chi connectivity index (χ0n) is 14.1. The molecular weight excluding hydrogens is 352 g/mol. The number of ether oxygens (including phenoxy) is 1. The Morgan fingerprint density at radius 1 is 1.23 bits per heavy atom. The molecule has 2 aromatic carbocycles. The van der Waals surface area contributed by atoms with Crippen molar-refractivity contribution in [1.29, 1.82) is 0 Å². The first-order valence-electron chi connectivity index (χ1n) is 7.74. The summed E-state index contributed by atoms with van der Waals surface area (Å²) < 4.78 is 4.66. The minimum absolute atomic E-state index is 0.0585. The van der Waals surface area contributed by atoms with Gasteiger partial charge in [0.25, 0.3) is 5.91 Å². The van der Waals surface area contributed by atoms with Crippen LogP contribution in [-0.2, 0) is 9.53 Å². The number of aryl methyl sites for hydroxylation is 1. The van der Waals surface area contributed by atoms with Gasteiger partial charge in [-0.05, 0) is 60.2 Å². The van der Waals surface area contributed by atoms with Crippen LogP contribution in [0.5, 0.6) is 5.75 Å². The number of methoxy groups -OCH3 is 1. The highest BCUT2D eigenvalue weighted by Crippen LogP contribution is 2.32. The molecule has 0 radical (unpaired) electrons. The van der Waals surface area contributed by atoms with Gasteiger partial charge in [0.05, 0.1) is 17.6 Å². The molecule has 0 atom stereocenters. The number of thioether (sulfide) groups is 1. The maximum atomic E-state index is 12.1. The van der Waals surface area contributed by atoms with Gasteiger partial charge in [0.1, 0.15) is 11.4 Å². The molecular formula is C19H16N2O4S. The van der Waals surface area contributed by atoms with Gasteiger partial charge < -0.3 is 15.2 Å². The number of aliphatic imine (C=N–C) groups is 1. The lowest BCUT2D eigenvalue weighted by Crippen LogP contribution is -2.19. The second-order valence-electron chi connectivity index (χ2n) is 5.59. The van der Waals surface area contributed by atoms with Gasteiger partial charge in [0, 0.05) is 0 Å². The van der Waals surface area contributed by atoms with Crippen molar-refractivity contribution in [2.75, 3.05) is 7.11 Å². The Hall–Kier alpha value is -3.06. The Labute approximate surface area is 154 Å². The van der Waals surface area contributed by atoms with Crippen LogP contribution in [0.4, 0.5) is 5.69 Å². The third-order valence-corrected chi connectivity index (χ3v) is 4.54. The van der Waals surface area contributed by atoms with E-state index in [0.29, 0.717) is 21.3 Å². The van der Waals surface area contributed by atoms with Crippen LogP contribution >= 0.6 is 11.8 Å². The van der Waals surface area contributed by atoms with Crippen LogP contribution in [-0.4, -0.2) is 29.3 Å². The van der Waals surface area contributed by atoms with Crippen molar-refractivity contribution in [3.8, 4) is 5.75 Å². The van der Waals surface area contributed by atoms with E-state index < -0.39 is 5.97 Å². The Morgan fingerprint density at radius 2 is 1.96 bits per heavy atom. The summed E-state index contributed by atoms with van der Waals surface area (Å²) >= 11 is 1.18. The first kappa shape index (κ1) is 17.8. The number of hydrogen-bond donors (Lipinski definition) is 2. The second kappa shape index (κ2) is 7.45. The lowest BCUT2D eigenvalue weighted by molar-refractivity contribution is -0.115. The fourth-order valence-corrected chi connectivity index (χ4v) is 3.14. The topological polar surface area (TPSA) is 88.0 Å². The number of nitrogens with one attached hydrogen (secondary N) is 1. The summed E-state index contributed by atoms with van der Waals surface area (Å²) in [6.45, 7) is 1.87. The molecule has 1 aliphatic heterocycles. The summed E-state index contributed by atoms with van der Waals surface area (Å²) in [6.07, 6.45) is 1.71. The number of phenolic OH excluding ortho intramolecular Hbond substituents is 1. The Bertz CT molecular complexity index is 933. The predicted molar refractivity (Wildman–Crippen MR) is 101 cm³/mol. The Balaban J connectivity index is 1.80. The van der Waals surface area contributed by atoms with Crippen LogP contribution in [0, 0.1) is 6.92 Å². The number of benzene rings is 2. The molecule has 0 aromatic heterocycles. The highest BCUT2D eigenvalue weighted by molar-refractivity contribution is 8.18. The smallest absolute Gasteiger partial charge is 0.337 e. The van der Waals surface area contributed by atoms with E-state index in [1.165, 1.54) is 18.9 Å². The molecule has 2 N–H and O–H groups in total. The zero-order chi connectivity index (χ0) is 18.7. The number of phenols is 1. The van der Waals surface area contributed by atoms with Gasteiger partial charge >= 0.3 is 5.97 Å². The van der Waals surface area contributed by atoms with E-state index in [1.807, 2.05) is 13.0 Å². The van der Waals surface area contributed by atoms with E-state index in [2.05, 4.69) is 15.0 Å². The lowest BCUT2D eigenvalue weighted by Gasteiger charge is -2.01. The van der Waals surface area contributed by atoms with Crippen molar-refractivity contribution in [2.45, 2.75) is 6.92 Å². The third-order valence-electron chi connectivity index (χ3n) is 3.63. The van der Waals surface area contributed by atoms with E-state index in [-0.39, 0.29) is 11.7 Å².